The first-order valence-corrected chi connectivity index (χ1v) is 11.1. The molecule has 1 saturated carbocycles. The van der Waals surface area contributed by atoms with Gasteiger partial charge in [0, 0.05) is 11.6 Å². The van der Waals surface area contributed by atoms with Crippen LogP contribution in [-0.2, 0) is 11.4 Å². The highest BCUT2D eigenvalue weighted by atomic mass is 19.1. The van der Waals surface area contributed by atoms with Crippen molar-refractivity contribution in [3.8, 4) is 23.0 Å². The third kappa shape index (κ3) is 5.44. The molecule has 0 spiro atoms. The number of nitrogens with zero attached hydrogens (tertiary/aromatic N) is 2. The first-order valence-electron chi connectivity index (χ1n) is 11.1. The van der Waals surface area contributed by atoms with E-state index in [0.29, 0.717) is 22.9 Å². The fourth-order valence-corrected chi connectivity index (χ4v) is 4.00. The van der Waals surface area contributed by atoms with Gasteiger partial charge in [-0.2, -0.15) is 0 Å². The van der Waals surface area contributed by atoms with E-state index in [1.165, 1.54) is 13.2 Å². The Morgan fingerprint density at radius 1 is 1.32 bits per heavy atom. The average Bonchev–Trinajstić information content (AvgIpc) is 3.58. The molecular formula is C26H27FN2O5. The zero-order valence-corrected chi connectivity index (χ0v) is 19.4. The number of allylic oxidation sites excluding steroid dienone is 1. The van der Waals surface area contributed by atoms with Crippen molar-refractivity contribution in [2.45, 2.75) is 45.6 Å². The third-order valence-corrected chi connectivity index (χ3v) is 5.77. The maximum absolute atomic E-state index is 14.6. The van der Waals surface area contributed by atoms with Gasteiger partial charge in [-0.3, -0.25) is 4.79 Å². The van der Waals surface area contributed by atoms with E-state index < -0.39 is 11.8 Å². The van der Waals surface area contributed by atoms with E-state index in [9.17, 15) is 14.3 Å². The average molecular weight is 467 g/mol. The minimum atomic E-state index is -0.801. The summed E-state index contributed by atoms with van der Waals surface area (Å²) in [5, 5.41) is 13.4. The van der Waals surface area contributed by atoms with E-state index in [4.69, 9.17) is 14.0 Å². The molecule has 178 valence electrons. The second-order valence-electron chi connectivity index (χ2n) is 8.70. The lowest BCUT2D eigenvalue weighted by Gasteiger charge is -2.15. The molecule has 1 aromatic carbocycles. The van der Waals surface area contributed by atoms with Crippen LogP contribution in [0, 0.1) is 11.7 Å². The third-order valence-electron chi connectivity index (χ3n) is 5.77. The normalized spacial score (nSPS) is 13.9. The van der Waals surface area contributed by atoms with E-state index in [0.717, 1.165) is 30.2 Å². The van der Waals surface area contributed by atoms with E-state index in [1.54, 1.807) is 0 Å². The van der Waals surface area contributed by atoms with Crippen LogP contribution in [-0.4, -0.2) is 28.3 Å². The summed E-state index contributed by atoms with van der Waals surface area (Å²) in [6, 6.07) is 8.99. The second kappa shape index (κ2) is 10.1. The van der Waals surface area contributed by atoms with E-state index in [1.807, 2.05) is 44.2 Å². The zero-order valence-electron chi connectivity index (χ0n) is 19.4. The predicted octanol–water partition coefficient (Wildman–Crippen LogP) is 5.85. The number of hydrogen-bond donors (Lipinski definition) is 1. The SMILES string of the molecule is COc1cc(-c2onc(COc3cccc(C(CC(=O)O)C4CC4)c3)c2C=C(C)C)c(F)cn1. The van der Waals surface area contributed by atoms with Gasteiger partial charge < -0.3 is 19.1 Å². The number of benzene rings is 1. The number of carboxylic acids is 1. The fraction of sp³-hybridized carbons (Fsp3) is 0.346. The van der Waals surface area contributed by atoms with Gasteiger partial charge in [-0.05, 0) is 56.2 Å². The van der Waals surface area contributed by atoms with Crippen molar-refractivity contribution in [3.05, 3.63) is 64.7 Å². The van der Waals surface area contributed by atoms with E-state index in [-0.39, 0.29) is 36.1 Å². The summed E-state index contributed by atoms with van der Waals surface area (Å²) < 4.78 is 31.2. The summed E-state index contributed by atoms with van der Waals surface area (Å²) >= 11 is 0. The molecule has 2 aromatic heterocycles. The summed E-state index contributed by atoms with van der Waals surface area (Å²) in [6.45, 7) is 3.95. The lowest BCUT2D eigenvalue weighted by atomic mass is 9.91. The molecule has 0 aliphatic heterocycles. The van der Waals surface area contributed by atoms with Gasteiger partial charge in [0.05, 0.1) is 25.3 Å². The zero-order chi connectivity index (χ0) is 24.2. The molecule has 0 amide bonds. The minimum Gasteiger partial charge on any atom is -0.487 e. The number of ether oxygens (including phenoxy) is 2. The molecule has 1 aliphatic carbocycles. The molecular weight excluding hydrogens is 439 g/mol. The Morgan fingerprint density at radius 3 is 2.79 bits per heavy atom. The molecule has 1 atom stereocenters. The van der Waals surface area contributed by atoms with Crippen molar-refractivity contribution in [3.63, 3.8) is 0 Å². The number of pyridine rings is 1. The summed E-state index contributed by atoms with van der Waals surface area (Å²) in [5.74, 6) is 0.165. The number of hydrogen-bond acceptors (Lipinski definition) is 6. The van der Waals surface area contributed by atoms with Crippen LogP contribution in [0.1, 0.15) is 55.8 Å². The molecule has 4 rings (SSSR count). The highest BCUT2D eigenvalue weighted by Crippen LogP contribution is 2.45. The second-order valence-corrected chi connectivity index (χ2v) is 8.70. The van der Waals surface area contributed by atoms with Gasteiger partial charge in [-0.25, -0.2) is 9.37 Å². The Kier molecular flexibility index (Phi) is 6.95. The van der Waals surface area contributed by atoms with Crippen LogP contribution in [0.15, 0.2) is 46.6 Å². The van der Waals surface area contributed by atoms with Crippen LogP contribution in [0.25, 0.3) is 17.4 Å². The number of aromatic nitrogens is 2. The number of halogens is 1. The van der Waals surface area contributed by atoms with Crippen LogP contribution in [0.5, 0.6) is 11.6 Å². The molecule has 1 unspecified atom stereocenters. The van der Waals surface area contributed by atoms with E-state index in [2.05, 4.69) is 10.1 Å². The first kappa shape index (κ1) is 23.5. The summed E-state index contributed by atoms with van der Waals surface area (Å²) in [5.41, 5.74) is 3.26. The van der Waals surface area contributed by atoms with Crippen LogP contribution >= 0.6 is 0 Å². The van der Waals surface area contributed by atoms with Crippen LogP contribution < -0.4 is 9.47 Å². The minimum absolute atomic E-state index is 0.0226. The van der Waals surface area contributed by atoms with Gasteiger partial charge >= 0.3 is 5.97 Å². The molecule has 0 radical (unpaired) electrons. The molecule has 1 N–H and O–H groups in total. The molecule has 34 heavy (non-hydrogen) atoms. The Labute approximate surface area is 197 Å². The maximum Gasteiger partial charge on any atom is 0.303 e. The summed E-state index contributed by atoms with van der Waals surface area (Å²) in [4.78, 5) is 15.2. The number of carboxylic acid groups (broad SMARTS) is 1. The van der Waals surface area contributed by atoms with Crippen molar-refractivity contribution in [2.75, 3.05) is 7.11 Å². The van der Waals surface area contributed by atoms with Crippen LogP contribution in [0.2, 0.25) is 0 Å². The number of methoxy groups -OCH3 is 1. The highest BCUT2D eigenvalue weighted by molar-refractivity contribution is 5.73. The van der Waals surface area contributed by atoms with Gasteiger partial charge in [0.2, 0.25) is 5.88 Å². The largest absolute Gasteiger partial charge is 0.487 e. The van der Waals surface area contributed by atoms with Crippen molar-refractivity contribution in [1.29, 1.82) is 0 Å². The van der Waals surface area contributed by atoms with Gasteiger partial charge in [0.1, 0.15) is 18.1 Å². The molecule has 7 nitrogen and oxygen atoms in total. The van der Waals surface area contributed by atoms with Gasteiger partial charge in [-0.1, -0.05) is 28.9 Å². The Hall–Kier alpha value is -3.68. The fourth-order valence-electron chi connectivity index (χ4n) is 4.00. The van der Waals surface area contributed by atoms with Crippen molar-refractivity contribution in [2.24, 2.45) is 5.92 Å². The van der Waals surface area contributed by atoms with Crippen molar-refractivity contribution < 1.29 is 28.3 Å². The van der Waals surface area contributed by atoms with Crippen molar-refractivity contribution >= 4 is 12.0 Å². The highest BCUT2D eigenvalue weighted by Gasteiger charge is 2.33. The van der Waals surface area contributed by atoms with Crippen LogP contribution in [0.3, 0.4) is 0 Å². The summed E-state index contributed by atoms with van der Waals surface area (Å²) in [6.07, 6.45) is 5.15. The molecule has 1 fully saturated rings. The topological polar surface area (TPSA) is 94.7 Å². The molecule has 2 heterocycles. The quantitative estimate of drug-likeness (QED) is 0.400. The maximum atomic E-state index is 14.6. The Bertz CT molecular complexity index is 1210. The lowest BCUT2D eigenvalue weighted by molar-refractivity contribution is -0.137. The standard InChI is InChI=1S/C26H27FN2O5/c1-15(2)9-21-23(29-34-26(21)20-11-24(32-3)28-13-22(20)27)14-33-18-6-4-5-17(10-18)19(12-25(30)31)16-7-8-16/h4-6,9-11,13,16,19H,7-8,12,14H2,1-3H3,(H,30,31). The number of carbonyl (C=O) groups is 1. The molecule has 0 saturated heterocycles. The Morgan fingerprint density at radius 2 is 2.12 bits per heavy atom. The number of aliphatic carboxylic acids is 1. The monoisotopic (exact) mass is 466 g/mol. The van der Waals surface area contributed by atoms with Gasteiger partial charge in [0.15, 0.2) is 11.6 Å². The molecule has 1 aliphatic rings. The van der Waals surface area contributed by atoms with Gasteiger partial charge in [-0.15, -0.1) is 0 Å². The van der Waals surface area contributed by atoms with Gasteiger partial charge in [0.25, 0.3) is 0 Å². The molecule has 8 heteroatoms. The predicted molar refractivity (Wildman–Crippen MR) is 124 cm³/mol. The molecule has 0 bridgehead atoms. The number of rotatable bonds is 10. The lowest BCUT2D eigenvalue weighted by Crippen LogP contribution is -2.08. The van der Waals surface area contributed by atoms with Crippen LogP contribution in [0.4, 0.5) is 4.39 Å². The smallest absolute Gasteiger partial charge is 0.303 e. The first-order chi connectivity index (χ1) is 16.4. The summed E-state index contributed by atoms with van der Waals surface area (Å²) in [7, 11) is 1.46. The molecule has 3 aromatic rings. The van der Waals surface area contributed by atoms with Crippen molar-refractivity contribution in [1.82, 2.24) is 10.1 Å². The van der Waals surface area contributed by atoms with E-state index >= 15 is 0 Å². The Balaban J connectivity index is 1.60.